The number of hydrogen-bond donors (Lipinski definition) is 2. The Balaban J connectivity index is 2.05. The molecule has 0 fully saturated rings. The van der Waals surface area contributed by atoms with E-state index in [0.717, 1.165) is 11.0 Å². The summed E-state index contributed by atoms with van der Waals surface area (Å²) in [6, 6.07) is 7.45. The Morgan fingerprint density at radius 3 is 2.75 bits per heavy atom. The van der Waals surface area contributed by atoms with Gasteiger partial charge in [-0.15, -0.1) is 0 Å². The molecule has 2 aromatic rings. The minimum absolute atomic E-state index is 0.0114. The molecule has 0 radical (unpaired) electrons. The highest BCUT2D eigenvalue weighted by Gasteiger charge is 2.16. The number of aliphatic hydroxyl groups excluding tert-OH is 1. The monoisotopic (exact) mass is 226 g/mol. The lowest BCUT2D eigenvalue weighted by Crippen LogP contribution is -2.18. The van der Waals surface area contributed by atoms with Crippen molar-refractivity contribution in [1.82, 2.24) is 9.97 Å². The number of halogens is 2. The van der Waals surface area contributed by atoms with Gasteiger partial charge in [0.1, 0.15) is 11.9 Å². The standard InChI is InChI=1S/C11H12F2N2O/c12-11(13)9(16)5-6-10-14-7-3-1-2-4-8(7)15-10/h1-4,9,11,16H,5-6H2,(H,14,15). The zero-order valence-corrected chi connectivity index (χ0v) is 8.53. The van der Waals surface area contributed by atoms with Crippen LogP contribution in [0.1, 0.15) is 12.2 Å². The molecule has 5 heteroatoms. The number of nitrogens with zero attached hydrogens (tertiary/aromatic N) is 1. The first kappa shape index (κ1) is 11.0. The van der Waals surface area contributed by atoms with E-state index in [1.165, 1.54) is 0 Å². The third-order valence-electron chi connectivity index (χ3n) is 2.41. The van der Waals surface area contributed by atoms with E-state index in [9.17, 15) is 8.78 Å². The van der Waals surface area contributed by atoms with Gasteiger partial charge in [0.15, 0.2) is 0 Å². The maximum absolute atomic E-state index is 12.1. The normalized spacial score (nSPS) is 13.5. The molecular formula is C11H12F2N2O. The number of aliphatic hydroxyl groups is 1. The van der Waals surface area contributed by atoms with Crippen molar-refractivity contribution in [2.45, 2.75) is 25.4 Å². The first-order valence-electron chi connectivity index (χ1n) is 5.06. The highest BCUT2D eigenvalue weighted by molar-refractivity contribution is 5.74. The van der Waals surface area contributed by atoms with Gasteiger partial charge in [-0.1, -0.05) is 12.1 Å². The Morgan fingerprint density at radius 2 is 2.06 bits per heavy atom. The third kappa shape index (κ3) is 2.36. The molecule has 86 valence electrons. The molecule has 2 rings (SSSR count). The first-order chi connectivity index (χ1) is 7.66. The molecule has 0 spiro atoms. The number of aromatic nitrogens is 2. The molecule has 1 heterocycles. The van der Waals surface area contributed by atoms with Crippen LogP contribution in [0.15, 0.2) is 24.3 Å². The summed E-state index contributed by atoms with van der Waals surface area (Å²) in [5.74, 6) is 0.626. The molecule has 1 aromatic carbocycles. The number of rotatable bonds is 4. The van der Waals surface area contributed by atoms with Crippen LogP contribution in [0.2, 0.25) is 0 Å². The van der Waals surface area contributed by atoms with Crippen LogP contribution >= 0.6 is 0 Å². The second kappa shape index (κ2) is 4.57. The number of benzene rings is 1. The highest BCUT2D eigenvalue weighted by atomic mass is 19.3. The molecule has 0 aliphatic heterocycles. The quantitative estimate of drug-likeness (QED) is 0.838. The van der Waals surface area contributed by atoms with Crippen LogP contribution in [-0.2, 0) is 6.42 Å². The number of hydrogen-bond acceptors (Lipinski definition) is 2. The summed E-state index contributed by atoms with van der Waals surface area (Å²) in [6.45, 7) is 0. The predicted octanol–water partition coefficient (Wildman–Crippen LogP) is 2.12. The third-order valence-corrected chi connectivity index (χ3v) is 2.41. The Hall–Kier alpha value is -1.49. The molecule has 1 aromatic heterocycles. The van der Waals surface area contributed by atoms with Gasteiger partial charge < -0.3 is 10.1 Å². The summed E-state index contributed by atoms with van der Waals surface area (Å²) in [7, 11) is 0. The lowest BCUT2D eigenvalue weighted by atomic mass is 10.2. The van der Waals surface area contributed by atoms with Crippen LogP contribution in [0, 0.1) is 0 Å². The summed E-state index contributed by atoms with van der Waals surface area (Å²) < 4.78 is 24.1. The van der Waals surface area contributed by atoms with Crippen LogP contribution in [0.3, 0.4) is 0 Å². The molecule has 0 bridgehead atoms. The van der Waals surface area contributed by atoms with Gasteiger partial charge in [0.05, 0.1) is 11.0 Å². The molecule has 0 saturated carbocycles. The number of para-hydroxylation sites is 2. The number of H-pyrrole nitrogens is 1. The fraction of sp³-hybridized carbons (Fsp3) is 0.364. The zero-order chi connectivity index (χ0) is 11.5. The predicted molar refractivity (Wildman–Crippen MR) is 56.4 cm³/mol. The topological polar surface area (TPSA) is 48.9 Å². The number of nitrogens with one attached hydrogen (secondary N) is 1. The van der Waals surface area contributed by atoms with Crippen molar-refractivity contribution in [1.29, 1.82) is 0 Å². The van der Waals surface area contributed by atoms with E-state index in [2.05, 4.69) is 9.97 Å². The van der Waals surface area contributed by atoms with Crippen LogP contribution in [0.25, 0.3) is 11.0 Å². The van der Waals surface area contributed by atoms with Crippen molar-refractivity contribution < 1.29 is 13.9 Å². The Labute approximate surface area is 91.1 Å². The summed E-state index contributed by atoms with van der Waals surface area (Å²) in [4.78, 5) is 7.26. The second-order valence-corrected chi connectivity index (χ2v) is 3.64. The van der Waals surface area contributed by atoms with Gasteiger partial charge in [0, 0.05) is 6.42 Å². The van der Waals surface area contributed by atoms with E-state index in [4.69, 9.17) is 5.11 Å². The Morgan fingerprint density at radius 1 is 1.31 bits per heavy atom. The smallest absolute Gasteiger partial charge is 0.264 e. The van der Waals surface area contributed by atoms with Gasteiger partial charge in [0.25, 0.3) is 6.43 Å². The summed E-state index contributed by atoms with van der Waals surface area (Å²) in [5, 5.41) is 8.97. The van der Waals surface area contributed by atoms with Crippen molar-refractivity contribution in [3.05, 3.63) is 30.1 Å². The van der Waals surface area contributed by atoms with Gasteiger partial charge in [-0.05, 0) is 18.6 Å². The number of aryl methyl sites for hydroxylation is 1. The zero-order valence-electron chi connectivity index (χ0n) is 8.53. The van der Waals surface area contributed by atoms with Crippen molar-refractivity contribution >= 4 is 11.0 Å². The molecule has 2 N–H and O–H groups in total. The average molecular weight is 226 g/mol. The van der Waals surface area contributed by atoms with Gasteiger partial charge in [-0.3, -0.25) is 0 Å². The van der Waals surface area contributed by atoms with Crippen molar-refractivity contribution in [2.75, 3.05) is 0 Å². The first-order valence-corrected chi connectivity index (χ1v) is 5.06. The lowest BCUT2D eigenvalue weighted by molar-refractivity contribution is -0.00870. The van der Waals surface area contributed by atoms with Gasteiger partial charge >= 0.3 is 0 Å². The van der Waals surface area contributed by atoms with E-state index in [0.29, 0.717) is 12.2 Å². The van der Waals surface area contributed by atoms with Crippen LogP contribution < -0.4 is 0 Å². The minimum atomic E-state index is -2.69. The van der Waals surface area contributed by atoms with E-state index >= 15 is 0 Å². The highest BCUT2D eigenvalue weighted by Crippen LogP contribution is 2.13. The SMILES string of the molecule is OC(CCc1nc2ccccc2[nH]1)C(F)F. The summed E-state index contributed by atoms with van der Waals surface area (Å²) in [5.41, 5.74) is 1.69. The van der Waals surface area contributed by atoms with Gasteiger partial charge in [-0.2, -0.15) is 0 Å². The van der Waals surface area contributed by atoms with Crippen LogP contribution in [-0.4, -0.2) is 27.6 Å². The van der Waals surface area contributed by atoms with Crippen LogP contribution in [0.5, 0.6) is 0 Å². The molecule has 16 heavy (non-hydrogen) atoms. The average Bonchev–Trinajstić information content (AvgIpc) is 2.68. The van der Waals surface area contributed by atoms with E-state index < -0.39 is 12.5 Å². The number of imidazole rings is 1. The maximum atomic E-state index is 12.1. The van der Waals surface area contributed by atoms with Crippen LogP contribution in [0.4, 0.5) is 8.78 Å². The molecular weight excluding hydrogens is 214 g/mol. The second-order valence-electron chi connectivity index (χ2n) is 3.64. The maximum Gasteiger partial charge on any atom is 0.264 e. The van der Waals surface area contributed by atoms with Gasteiger partial charge in [-0.25, -0.2) is 13.8 Å². The van der Waals surface area contributed by atoms with E-state index in [1.807, 2.05) is 24.3 Å². The molecule has 3 nitrogen and oxygen atoms in total. The van der Waals surface area contributed by atoms with Gasteiger partial charge in [0.2, 0.25) is 0 Å². The van der Waals surface area contributed by atoms with E-state index in [-0.39, 0.29) is 6.42 Å². The molecule has 1 unspecified atom stereocenters. The van der Waals surface area contributed by atoms with Crippen molar-refractivity contribution in [2.24, 2.45) is 0 Å². The number of aromatic amines is 1. The summed E-state index contributed by atoms with van der Waals surface area (Å²) >= 11 is 0. The Bertz CT molecular complexity index is 437. The molecule has 0 amide bonds. The number of fused-ring (bicyclic) bond motifs is 1. The fourth-order valence-corrected chi connectivity index (χ4v) is 1.53. The Kier molecular flexibility index (Phi) is 3.14. The fourth-order valence-electron chi connectivity index (χ4n) is 1.53. The van der Waals surface area contributed by atoms with Crippen molar-refractivity contribution in [3.63, 3.8) is 0 Å². The molecule has 0 aliphatic carbocycles. The largest absolute Gasteiger partial charge is 0.387 e. The summed E-state index contributed by atoms with van der Waals surface area (Å²) in [6.07, 6.45) is -3.94. The lowest BCUT2D eigenvalue weighted by Gasteiger charge is -2.06. The molecule has 0 saturated heterocycles. The van der Waals surface area contributed by atoms with E-state index in [1.54, 1.807) is 0 Å². The molecule has 1 atom stereocenters. The number of alkyl halides is 2. The van der Waals surface area contributed by atoms with Crippen molar-refractivity contribution in [3.8, 4) is 0 Å². The minimum Gasteiger partial charge on any atom is -0.387 e. The molecule has 0 aliphatic rings.